The predicted octanol–water partition coefficient (Wildman–Crippen LogP) is 3.81. The molecule has 3 nitrogen and oxygen atoms in total. The van der Waals surface area contributed by atoms with Crippen LogP contribution in [0.25, 0.3) is 6.08 Å². The van der Waals surface area contributed by atoms with Gasteiger partial charge in [-0.05, 0) is 51.8 Å². The van der Waals surface area contributed by atoms with Gasteiger partial charge in [0.25, 0.3) is 0 Å². The maximum Gasteiger partial charge on any atom is 0.187 e. The zero-order valence-electron chi connectivity index (χ0n) is 11.4. The molecule has 102 valence electrons. The van der Waals surface area contributed by atoms with Gasteiger partial charge in [0.05, 0.1) is 0 Å². The Hall–Kier alpha value is -1.94. The molecule has 1 aromatic heterocycles. The third-order valence-corrected chi connectivity index (χ3v) is 3.32. The van der Waals surface area contributed by atoms with E-state index >= 15 is 0 Å². The van der Waals surface area contributed by atoms with Crippen LogP contribution in [0.4, 0.5) is 5.69 Å². The first kappa shape index (κ1) is 14.5. The number of ketones is 1. The van der Waals surface area contributed by atoms with Crippen LogP contribution in [0.3, 0.4) is 0 Å². The van der Waals surface area contributed by atoms with Crippen LogP contribution in [0.2, 0.25) is 0 Å². The van der Waals surface area contributed by atoms with Gasteiger partial charge in [0.1, 0.15) is 4.60 Å². The van der Waals surface area contributed by atoms with Crippen LogP contribution in [-0.2, 0) is 0 Å². The molecule has 20 heavy (non-hydrogen) atoms. The summed E-state index contributed by atoms with van der Waals surface area (Å²) in [6.45, 7) is 0. The summed E-state index contributed by atoms with van der Waals surface area (Å²) in [4.78, 5) is 18.0. The second-order valence-electron chi connectivity index (χ2n) is 4.55. The molecule has 0 amide bonds. The summed E-state index contributed by atoms with van der Waals surface area (Å²) in [5.74, 6) is -0.0540. The van der Waals surface area contributed by atoms with Crippen molar-refractivity contribution in [3.05, 3.63) is 64.4 Å². The van der Waals surface area contributed by atoms with Crippen molar-refractivity contribution >= 4 is 33.5 Å². The van der Waals surface area contributed by atoms with Crippen molar-refractivity contribution in [3.63, 3.8) is 0 Å². The molecule has 0 fully saturated rings. The molecule has 4 heteroatoms. The normalized spacial score (nSPS) is 10.8. The van der Waals surface area contributed by atoms with Gasteiger partial charge in [-0.2, -0.15) is 0 Å². The topological polar surface area (TPSA) is 33.2 Å². The molecule has 0 N–H and O–H groups in total. The second kappa shape index (κ2) is 6.48. The van der Waals surface area contributed by atoms with E-state index in [-0.39, 0.29) is 5.78 Å². The molecule has 0 aliphatic rings. The number of rotatable bonds is 4. The summed E-state index contributed by atoms with van der Waals surface area (Å²) in [5, 5.41) is 0. The van der Waals surface area contributed by atoms with Gasteiger partial charge in [0.15, 0.2) is 5.78 Å². The highest BCUT2D eigenvalue weighted by Gasteiger charge is 2.02. The van der Waals surface area contributed by atoms with E-state index in [2.05, 4.69) is 20.9 Å². The van der Waals surface area contributed by atoms with Crippen LogP contribution in [0.15, 0.2) is 53.3 Å². The van der Waals surface area contributed by atoms with E-state index < -0.39 is 0 Å². The van der Waals surface area contributed by atoms with Crippen molar-refractivity contribution in [1.29, 1.82) is 0 Å². The van der Waals surface area contributed by atoms with E-state index in [1.54, 1.807) is 24.4 Å². The number of anilines is 1. The van der Waals surface area contributed by atoms with Gasteiger partial charge in [-0.3, -0.25) is 4.79 Å². The lowest BCUT2D eigenvalue weighted by Gasteiger charge is -2.11. The fourth-order valence-corrected chi connectivity index (χ4v) is 1.91. The molecular weight excluding hydrogens is 316 g/mol. The molecule has 0 unspecified atom stereocenters. The molecule has 0 radical (unpaired) electrons. The van der Waals surface area contributed by atoms with Crippen molar-refractivity contribution in [3.8, 4) is 0 Å². The number of hydrogen-bond acceptors (Lipinski definition) is 3. The number of pyridine rings is 1. The number of allylic oxidation sites excluding steroid dienone is 1. The summed E-state index contributed by atoms with van der Waals surface area (Å²) >= 11 is 3.24. The Morgan fingerprint density at radius 2 is 1.85 bits per heavy atom. The molecule has 0 bridgehead atoms. The van der Waals surface area contributed by atoms with Gasteiger partial charge in [-0.25, -0.2) is 4.98 Å². The molecular formula is C16H15BrN2O. The largest absolute Gasteiger partial charge is 0.378 e. The molecule has 1 aromatic carbocycles. The van der Waals surface area contributed by atoms with Gasteiger partial charge >= 0.3 is 0 Å². The fourth-order valence-electron chi connectivity index (χ4n) is 1.67. The lowest BCUT2D eigenvalue weighted by Crippen LogP contribution is -2.07. The summed E-state index contributed by atoms with van der Waals surface area (Å²) in [6, 6.07) is 11.5. The fraction of sp³-hybridized carbons (Fsp3) is 0.125. The molecule has 0 saturated heterocycles. The smallest absolute Gasteiger partial charge is 0.187 e. The third kappa shape index (κ3) is 3.78. The first-order chi connectivity index (χ1) is 9.56. The average molecular weight is 331 g/mol. The first-order valence-corrected chi connectivity index (χ1v) is 6.97. The van der Waals surface area contributed by atoms with Crippen LogP contribution in [0.1, 0.15) is 15.9 Å². The summed E-state index contributed by atoms with van der Waals surface area (Å²) in [5.41, 5.74) is 2.70. The Balaban J connectivity index is 2.08. The number of halogens is 1. The van der Waals surface area contributed by atoms with Gasteiger partial charge in [0, 0.05) is 31.5 Å². The number of hydrogen-bond donors (Lipinski definition) is 0. The summed E-state index contributed by atoms with van der Waals surface area (Å²) < 4.78 is 0.720. The average Bonchev–Trinajstić information content (AvgIpc) is 2.46. The van der Waals surface area contributed by atoms with Gasteiger partial charge in [0.2, 0.25) is 0 Å². The number of benzene rings is 1. The molecule has 1 heterocycles. The Labute approximate surface area is 127 Å². The van der Waals surface area contributed by atoms with Crippen LogP contribution in [-0.4, -0.2) is 24.9 Å². The SMILES string of the molecule is CN(C)c1ccc(C=CC(=O)c2ccc(Br)nc2)cc1. The zero-order valence-corrected chi connectivity index (χ0v) is 13.0. The predicted molar refractivity (Wildman–Crippen MR) is 86.1 cm³/mol. The van der Waals surface area contributed by atoms with Crippen molar-refractivity contribution < 1.29 is 4.79 Å². The molecule has 0 saturated carbocycles. The minimum atomic E-state index is -0.0540. The number of aromatic nitrogens is 1. The number of carbonyl (C=O) groups excluding carboxylic acids is 1. The van der Waals surface area contributed by atoms with Crippen molar-refractivity contribution in [1.82, 2.24) is 4.98 Å². The summed E-state index contributed by atoms with van der Waals surface area (Å²) in [7, 11) is 3.99. The van der Waals surface area contributed by atoms with Crippen LogP contribution in [0, 0.1) is 0 Å². The van der Waals surface area contributed by atoms with E-state index in [0.717, 1.165) is 15.9 Å². The monoisotopic (exact) mass is 330 g/mol. The first-order valence-electron chi connectivity index (χ1n) is 6.17. The Bertz CT molecular complexity index is 616. The Kier molecular flexibility index (Phi) is 4.69. The molecule has 0 aliphatic carbocycles. The second-order valence-corrected chi connectivity index (χ2v) is 5.37. The van der Waals surface area contributed by atoms with Gasteiger partial charge in [-0.1, -0.05) is 18.2 Å². The third-order valence-electron chi connectivity index (χ3n) is 2.85. The minimum Gasteiger partial charge on any atom is -0.378 e. The zero-order chi connectivity index (χ0) is 14.5. The van der Waals surface area contributed by atoms with Crippen molar-refractivity contribution in [2.75, 3.05) is 19.0 Å². The number of nitrogens with zero attached hydrogens (tertiary/aromatic N) is 2. The standard InChI is InChI=1S/C16H15BrN2O/c1-19(2)14-7-3-12(4-8-14)5-9-15(20)13-6-10-16(17)18-11-13/h3-11H,1-2H3. The van der Waals surface area contributed by atoms with Gasteiger partial charge < -0.3 is 4.90 Å². The van der Waals surface area contributed by atoms with E-state index in [9.17, 15) is 4.79 Å². The van der Waals surface area contributed by atoms with Crippen molar-refractivity contribution in [2.45, 2.75) is 0 Å². The molecule has 0 atom stereocenters. The maximum atomic E-state index is 12.0. The maximum absolute atomic E-state index is 12.0. The van der Waals surface area contributed by atoms with Crippen molar-refractivity contribution in [2.24, 2.45) is 0 Å². The minimum absolute atomic E-state index is 0.0540. The molecule has 0 spiro atoms. The van der Waals surface area contributed by atoms with E-state index in [1.165, 1.54) is 0 Å². The molecule has 0 aliphatic heterocycles. The quantitative estimate of drug-likeness (QED) is 0.485. The lowest BCUT2D eigenvalue weighted by molar-refractivity contribution is 0.104. The molecule has 2 aromatic rings. The van der Waals surface area contributed by atoms with Crippen LogP contribution >= 0.6 is 15.9 Å². The molecule has 2 rings (SSSR count). The van der Waals surface area contributed by atoms with E-state index in [0.29, 0.717) is 5.56 Å². The Morgan fingerprint density at radius 3 is 2.40 bits per heavy atom. The van der Waals surface area contributed by atoms with E-state index in [4.69, 9.17) is 0 Å². The van der Waals surface area contributed by atoms with Crippen LogP contribution < -0.4 is 4.90 Å². The van der Waals surface area contributed by atoms with Crippen LogP contribution in [0.5, 0.6) is 0 Å². The highest BCUT2D eigenvalue weighted by atomic mass is 79.9. The highest BCUT2D eigenvalue weighted by Crippen LogP contribution is 2.14. The highest BCUT2D eigenvalue weighted by molar-refractivity contribution is 9.10. The van der Waals surface area contributed by atoms with E-state index in [1.807, 2.05) is 49.3 Å². The Morgan fingerprint density at radius 1 is 1.15 bits per heavy atom. The lowest BCUT2D eigenvalue weighted by atomic mass is 10.1. The van der Waals surface area contributed by atoms with Gasteiger partial charge in [-0.15, -0.1) is 0 Å². The number of carbonyl (C=O) groups is 1. The summed E-state index contributed by atoms with van der Waals surface area (Å²) in [6.07, 6.45) is 4.94.